The second kappa shape index (κ2) is 21.5. The summed E-state index contributed by atoms with van der Waals surface area (Å²) < 4.78 is 16.4. The Labute approximate surface area is 348 Å². The van der Waals surface area contributed by atoms with Crippen molar-refractivity contribution in [3.8, 4) is 0 Å². The van der Waals surface area contributed by atoms with E-state index in [4.69, 9.17) is 19.9 Å². The molecule has 14 heteroatoms. The molecule has 0 fully saturated rings. The first-order valence-electron chi connectivity index (χ1n) is 20.1. The highest BCUT2D eigenvalue weighted by atomic mass is 16.6. The molecule has 3 atom stereocenters. The Morgan fingerprint density at radius 1 is 0.610 bits per heavy atom. The van der Waals surface area contributed by atoms with Gasteiger partial charge in [-0.25, -0.2) is 14.4 Å². The van der Waals surface area contributed by atoms with Gasteiger partial charge in [0.25, 0.3) is 5.91 Å². The van der Waals surface area contributed by atoms with Gasteiger partial charge in [-0.2, -0.15) is 0 Å². The van der Waals surface area contributed by atoms with Crippen LogP contribution >= 0.6 is 0 Å². The lowest BCUT2D eigenvalue weighted by atomic mass is 10.0. The van der Waals surface area contributed by atoms with Gasteiger partial charge in [-0.3, -0.25) is 14.4 Å². The monoisotopic (exact) mass is 817 g/mol. The normalized spacial score (nSPS) is 13.3. The number of carbonyl (C=O) groups is 6. The minimum atomic E-state index is -1.22. The molecule has 6 N–H and O–H groups in total. The lowest BCUT2D eigenvalue weighted by molar-refractivity contribution is -0.159. The summed E-state index contributed by atoms with van der Waals surface area (Å²) >= 11 is 0. The maximum atomic E-state index is 13.6. The van der Waals surface area contributed by atoms with E-state index in [9.17, 15) is 28.8 Å². The van der Waals surface area contributed by atoms with Crippen molar-refractivity contribution in [2.24, 2.45) is 5.73 Å². The van der Waals surface area contributed by atoms with E-state index in [-0.39, 0.29) is 38.1 Å². The first kappa shape index (κ1) is 47.9. The highest BCUT2D eigenvalue weighted by Gasteiger charge is 2.31. The molecule has 0 bridgehead atoms. The largest absolute Gasteiger partial charge is 0.460 e. The molecule has 0 spiro atoms. The zero-order chi connectivity index (χ0) is 44.0. The SMILES string of the molecule is CC(C)(C)OC(=O)CC[C@H](NC(=O)N[C@@H](CCCCNC(=O)[C@H](Cc1ccc2ccccc2c1)NC(=O)c1ccc(CN)cc1)C(=O)OC(C)(C)C)C(=O)OC(C)(C)C. The Bertz CT molecular complexity index is 1910. The minimum absolute atomic E-state index is 0.100. The van der Waals surface area contributed by atoms with Gasteiger partial charge in [-0.1, -0.05) is 54.6 Å². The molecule has 14 nitrogen and oxygen atoms in total. The number of urea groups is 1. The second-order valence-corrected chi connectivity index (χ2v) is 17.5. The number of hydrogen-bond acceptors (Lipinski definition) is 10. The van der Waals surface area contributed by atoms with Crippen molar-refractivity contribution in [3.63, 3.8) is 0 Å². The standard InChI is InChI=1S/C45H63N5O9/c1-43(2,3)57-37(51)24-23-35(41(55)59-45(7,8)9)50-42(56)49-34(40(54)58-44(4,5)6)16-12-13-25-47-39(53)36(48-38(52)32-21-17-29(28-46)18-22-32)27-30-19-20-31-14-10-11-15-33(31)26-30/h10-11,14-15,17-22,26,34-36H,12-13,16,23-25,27-28,46H2,1-9H3,(H,47,53)(H,48,52)(H2,49,50,56)/t34-,35-,36-/m0/s1. The smallest absolute Gasteiger partial charge is 0.329 e. The molecule has 0 aromatic heterocycles. The molecule has 0 saturated carbocycles. The highest BCUT2D eigenvalue weighted by Crippen LogP contribution is 2.18. The first-order chi connectivity index (χ1) is 27.5. The van der Waals surface area contributed by atoms with E-state index in [0.29, 0.717) is 24.9 Å². The van der Waals surface area contributed by atoms with E-state index < -0.39 is 64.8 Å². The van der Waals surface area contributed by atoms with Crippen LogP contribution in [0.25, 0.3) is 10.8 Å². The van der Waals surface area contributed by atoms with Crippen LogP contribution in [0.5, 0.6) is 0 Å². The Hall–Kier alpha value is -5.50. The molecule has 0 aliphatic rings. The number of rotatable bonds is 18. The third-order valence-corrected chi connectivity index (χ3v) is 8.60. The van der Waals surface area contributed by atoms with E-state index in [1.165, 1.54) is 0 Å². The van der Waals surface area contributed by atoms with Gasteiger partial charge in [0.1, 0.15) is 34.9 Å². The van der Waals surface area contributed by atoms with Crippen molar-refractivity contribution < 1.29 is 43.0 Å². The molecule has 0 heterocycles. The van der Waals surface area contributed by atoms with Crippen LogP contribution in [0.3, 0.4) is 0 Å². The number of nitrogens with two attached hydrogens (primary N) is 1. The number of ether oxygens (including phenoxy) is 3. The summed E-state index contributed by atoms with van der Waals surface area (Å²) in [5.41, 5.74) is 5.39. The van der Waals surface area contributed by atoms with Crippen LogP contribution < -0.4 is 27.0 Å². The van der Waals surface area contributed by atoms with Crippen molar-refractivity contribution in [1.82, 2.24) is 21.3 Å². The van der Waals surface area contributed by atoms with Gasteiger partial charge >= 0.3 is 23.9 Å². The van der Waals surface area contributed by atoms with Crippen molar-refractivity contribution >= 4 is 46.5 Å². The Balaban J connectivity index is 1.68. The number of hydrogen-bond donors (Lipinski definition) is 5. The molecule has 0 saturated heterocycles. The molecule has 0 aliphatic carbocycles. The predicted octanol–water partition coefficient (Wildman–Crippen LogP) is 5.77. The van der Waals surface area contributed by atoms with Gasteiger partial charge in [0.2, 0.25) is 5.91 Å². The van der Waals surface area contributed by atoms with Crippen LogP contribution in [0.15, 0.2) is 66.7 Å². The van der Waals surface area contributed by atoms with Gasteiger partial charge < -0.3 is 41.2 Å². The number of unbranched alkanes of at least 4 members (excludes halogenated alkanes) is 1. The molecule has 3 aromatic carbocycles. The Morgan fingerprint density at radius 2 is 1.15 bits per heavy atom. The number of benzene rings is 3. The quantitative estimate of drug-likeness (QED) is 0.0596. The molecule has 0 aliphatic heterocycles. The molecule has 0 unspecified atom stereocenters. The fourth-order valence-electron chi connectivity index (χ4n) is 5.91. The molecular weight excluding hydrogens is 755 g/mol. The van der Waals surface area contributed by atoms with Crippen LogP contribution in [0.2, 0.25) is 0 Å². The van der Waals surface area contributed by atoms with Crippen LogP contribution in [0, 0.1) is 0 Å². The summed E-state index contributed by atoms with van der Waals surface area (Å²) in [4.78, 5) is 79.1. The number of nitrogens with one attached hydrogen (secondary N) is 4. The first-order valence-corrected chi connectivity index (χ1v) is 20.1. The number of amides is 4. The lowest BCUT2D eigenvalue weighted by Gasteiger charge is -2.27. The topological polar surface area (TPSA) is 204 Å². The third-order valence-electron chi connectivity index (χ3n) is 8.60. The van der Waals surface area contributed by atoms with Crippen LogP contribution in [-0.2, 0) is 46.4 Å². The summed E-state index contributed by atoms with van der Waals surface area (Å²) in [5.74, 6) is -2.77. The van der Waals surface area contributed by atoms with E-state index in [1.807, 2.05) is 42.5 Å². The van der Waals surface area contributed by atoms with Crippen molar-refractivity contribution in [2.45, 2.75) is 142 Å². The zero-order valence-corrected chi connectivity index (χ0v) is 36.0. The third kappa shape index (κ3) is 17.9. The lowest BCUT2D eigenvalue weighted by Crippen LogP contribution is -2.53. The summed E-state index contributed by atoms with van der Waals surface area (Å²) in [7, 11) is 0. The molecule has 0 radical (unpaired) electrons. The predicted molar refractivity (Wildman–Crippen MR) is 226 cm³/mol. The molecular formula is C45H63N5O9. The second-order valence-electron chi connectivity index (χ2n) is 17.5. The summed E-state index contributed by atoms with van der Waals surface area (Å²) in [6, 6.07) is 16.6. The molecule has 322 valence electrons. The van der Waals surface area contributed by atoms with Crippen LogP contribution in [-0.4, -0.2) is 77.2 Å². The van der Waals surface area contributed by atoms with E-state index in [0.717, 1.165) is 21.9 Å². The average molecular weight is 818 g/mol. The fourth-order valence-corrected chi connectivity index (χ4v) is 5.91. The minimum Gasteiger partial charge on any atom is -0.460 e. The van der Waals surface area contributed by atoms with E-state index in [1.54, 1.807) is 86.6 Å². The summed E-state index contributed by atoms with van der Waals surface area (Å²) in [6.45, 7) is 15.9. The van der Waals surface area contributed by atoms with Gasteiger partial charge in [-0.15, -0.1) is 0 Å². The number of carbonyl (C=O) groups excluding carboxylic acids is 6. The Kier molecular flexibility index (Phi) is 17.4. The maximum absolute atomic E-state index is 13.6. The van der Waals surface area contributed by atoms with Crippen molar-refractivity contribution in [1.29, 1.82) is 0 Å². The molecule has 3 rings (SSSR count). The molecule has 4 amide bonds. The van der Waals surface area contributed by atoms with Crippen molar-refractivity contribution in [3.05, 3.63) is 83.4 Å². The summed E-state index contributed by atoms with van der Waals surface area (Å²) in [5, 5.41) is 13.1. The van der Waals surface area contributed by atoms with Crippen LogP contribution in [0.4, 0.5) is 4.79 Å². The maximum Gasteiger partial charge on any atom is 0.329 e. The Morgan fingerprint density at radius 3 is 1.71 bits per heavy atom. The van der Waals surface area contributed by atoms with Gasteiger partial charge in [-0.05, 0) is 122 Å². The van der Waals surface area contributed by atoms with Crippen molar-refractivity contribution in [2.75, 3.05) is 6.54 Å². The van der Waals surface area contributed by atoms with Gasteiger partial charge in [0.05, 0.1) is 0 Å². The average Bonchev–Trinajstić information content (AvgIpc) is 3.13. The fraction of sp³-hybridized carbons (Fsp3) is 0.511. The van der Waals surface area contributed by atoms with Gasteiger partial charge in [0.15, 0.2) is 0 Å². The summed E-state index contributed by atoms with van der Waals surface area (Å²) in [6.07, 6.45) is 0.915. The molecule has 3 aromatic rings. The highest BCUT2D eigenvalue weighted by molar-refractivity contribution is 5.97. The van der Waals surface area contributed by atoms with Crippen LogP contribution in [0.1, 0.15) is 116 Å². The number of fused-ring (bicyclic) bond motifs is 1. The van der Waals surface area contributed by atoms with Gasteiger partial charge in [0, 0.05) is 31.5 Å². The van der Waals surface area contributed by atoms with E-state index in [2.05, 4.69) is 21.3 Å². The van der Waals surface area contributed by atoms with E-state index >= 15 is 0 Å². The zero-order valence-electron chi connectivity index (χ0n) is 36.0. The number of esters is 3. The molecule has 59 heavy (non-hydrogen) atoms.